The van der Waals surface area contributed by atoms with Gasteiger partial charge in [-0.05, 0) is 32.0 Å². The van der Waals surface area contributed by atoms with Crippen LogP contribution >= 0.6 is 15.9 Å². The molecule has 1 aliphatic rings. The molecule has 0 spiro atoms. The van der Waals surface area contributed by atoms with Crippen molar-refractivity contribution in [1.29, 1.82) is 0 Å². The summed E-state index contributed by atoms with van der Waals surface area (Å²) in [5, 5.41) is 6.88. The van der Waals surface area contributed by atoms with Crippen LogP contribution in [0.3, 0.4) is 0 Å². The number of hydrogen-bond donors (Lipinski definition) is 2. The topological polar surface area (TPSA) is 24.1 Å². The van der Waals surface area contributed by atoms with Crippen molar-refractivity contribution in [2.45, 2.75) is 19.4 Å². The fourth-order valence-electron chi connectivity index (χ4n) is 1.50. The van der Waals surface area contributed by atoms with Gasteiger partial charge in [-0.2, -0.15) is 0 Å². The molecule has 1 aromatic rings. The Morgan fingerprint density at radius 1 is 1.31 bits per heavy atom. The SMILES string of the molecule is CC1(C)CNc2ccc(Br)cc2N1. The van der Waals surface area contributed by atoms with Gasteiger partial charge in [-0.15, -0.1) is 0 Å². The van der Waals surface area contributed by atoms with Crippen molar-refractivity contribution in [2.24, 2.45) is 0 Å². The average Bonchev–Trinajstić information content (AvgIpc) is 2.01. The van der Waals surface area contributed by atoms with Crippen LogP contribution in [0.1, 0.15) is 13.8 Å². The second kappa shape index (κ2) is 2.91. The summed E-state index contributed by atoms with van der Waals surface area (Å²) in [5.41, 5.74) is 2.49. The first-order valence-electron chi connectivity index (χ1n) is 4.38. The zero-order valence-electron chi connectivity index (χ0n) is 7.82. The fraction of sp³-hybridized carbons (Fsp3) is 0.400. The van der Waals surface area contributed by atoms with Crippen LogP contribution in [0.4, 0.5) is 11.4 Å². The molecule has 0 fully saturated rings. The van der Waals surface area contributed by atoms with Crippen molar-refractivity contribution < 1.29 is 0 Å². The average molecular weight is 241 g/mol. The normalized spacial score (nSPS) is 18.4. The van der Waals surface area contributed by atoms with Gasteiger partial charge in [0.05, 0.1) is 11.4 Å². The van der Waals surface area contributed by atoms with E-state index in [1.165, 1.54) is 11.4 Å². The number of halogens is 1. The first kappa shape index (κ1) is 8.88. The maximum absolute atomic E-state index is 3.48. The lowest BCUT2D eigenvalue weighted by atomic mass is 10.0. The van der Waals surface area contributed by atoms with Crippen molar-refractivity contribution in [3.8, 4) is 0 Å². The Balaban J connectivity index is 2.38. The van der Waals surface area contributed by atoms with Crippen molar-refractivity contribution in [1.82, 2.24) is 0 Å². The third-order valence-corrected chi connectivity index (χ3v) is 2.67. The van der Waals surface area contributed by atoms with Crippen LogP contribution < -0.4 is 10.6 Å². The summed E-state index contributed by atoms with van der Waals surface area (Å²) < 4.78 is 1.11. The van der Waals surface area contributed by atoms with E-state index < -0.39 is 0 Å². The molecule has 0 saturated heterocycles. The lowest BCUT2D eigenvalue weighted by Crippen LogP contribution is -2.42. The highest BCUT2D eigenvalue weighted by Gasteiger charge is 2.23. The van der Waals surface area contributed by atoms with Gasteiger partial charge in [0.25, 0.3) is 0 Å². The number of benzene rings is 1. The summed E-state index contributed by atoms with van der Waals surface area (Å²) >= 11 is 3.46. The van der Waals surface area contributed by atoms with Crippen LogP contribution in [0.25, 0.3) is 0 Å². The van der Waals surface area contributed by atoms with E-state index in [4.69, 9.17) is 0 Å². The molecule has 1 heterocycles. The van der Waals surface area contributed by atoms with Crippen LogP contribution in [0.5, 0.6) is 0 Å². The van der Waals surface area contributed by atoms with E-state index >= 15 is 0 Å². The molecule has 0 radical (unpaired) electrons. The standard InChI is InChI=1S/C10H13BrN2/c1-10(2)6-12-8-4-3-7(11)5-9(8)13-10/h3-5,12-13H,6H2,1-2H3. The first-order chi connectivity index (χ1) is 6.07. The van der Waals surface area contributed by atoms with E-state index in [9.17, 15) is 0 Å². The molecule has 0 amide bonds. The van der Waals surface area contributed by atoms with Gasteiger partial charge in [0.2, 0.25) is 0 Å². The summed E-state index contributed by atoms with van der Waals surface area (Å²) in [7, 11) is 0. The number of rotatable bonds is 0. The Hall–Kier alpha value is -0.700. The minimum Gasteiger partial charge on any atom is -0.381 e. The predicted molar refractivity (Wildman–Crippen MR) is 60.3 cm³/mol. The van der Waals surface area contributed by atoms with Gasteiger partial charge in [0, 0.05) is 16.6 Å². The molecule has 1 aromatic carbocycles. The molecule has 0 atom stereocenters. The monoisotopic (exact) mass is 240 g/mol. The molecule has 2 nitrogen and oxygen atoms in total. The van der Waals surface area contributed by atoms with Crippen molar-refractivity contribution in [3.05, 3.63) is 22.7 Å². The quantitative estimate of drug-likeness (QED) is 0.729. The maximum Gasteiger partial charge on any atom is 0.0592 e. The van der Waals surface area contributed by atoms with E-state index in [1.807, 2.05) is 6.07 Å². The third-order valence-electron chi connectivity index (χ3n) is 2.18. The molecule has 13 heavy (non-hydrogen) atoms. The Bertz CT molecular complexity index is 334. The minimum absolute atomic E-state index is 0.133. The molecular weight excluding hydrogens is 228 g/mol. The Kier molecular flexibility index (Phi) is 1.99. The molecule has 0 unspecified atom stereocenters. The van der Waals surface area contributed by atoms with Crippen LogP contribution in [0, 0.1) is 0 Å². The number of fused-ring (bicyclic) bond motifs is 1. The molecule has 70 valence electrons. The molecule has 0 bridgehead atoms. The summed E-state index contributed by atoms with van der Waals surface area (Å²) in [4.78, 5) is 0. The van der Waals surface area contributed by atoms with E-state index in [2.05, 4.69) is 52.5 Å². The Labute approximate surface area is 86.9 Å². The number of nitrogens with one attached hydrogen (secondary N) is 2. The molecule has 2 rings (SSSR count). The van der Waals surface area contributed by atoms with E-state index in [-0.39, 0.29) is 5.54 Å². The highest BCUT2D eigenvalue weighted by molar-refractivity contribution is 9.10. The van der Waals surface area contributed by atoms with Crippen LogP contribution in [-0.2, 0) is 0 Å². The first-order valence-corrected chi connectivity index (χ1v) is 5.18. The Morgan fingerprint density at radius 2 is 2.08 bits per heavy atom. The summed E-state index contributed by atoms with van der Waals surface area (Å²) in [6, 6.07) is 6.23. The molecule has 2 N–H and O–H groups in total. The summed E-state index contributed by atoms with van der Waals surface area (Å²) in [6.45, 7) is 5.33. The van der Waals surface area contributed by atoms with Crippen LogP contribution in [0.2, 0.25) is 0 Å². The molecule has 1 aliphatic heterocycles. The minimum atomic E-state index is 0.133. The van der Waals surface area contributed by atoms with Crippen LogP contribution in [0.15, 0.2) is 22.7 Å². The smallest absolute Gasteiger partial charge is 0.0592 e. The van der Waals surface area contributed by atoms with Crippen LogP contribution in [-0.4, -0.2) is 12.1 Å². The van der Waals surface area contributed by atoms with Gasteiger partial charge >= 0.3 is 0 Å². The summed E-state index contributed by atoms with van der Waals surface area (Å²) in [5.74, 6) is 0. The molecule has 0 aromatic heterocycles. The zero-order valence-corrected chi connectivity index (χ0v) is 9.40. The molecule has 3 heteroatoms. The molecular formula is C10H13BrN2. The predicted octanol–water partition coefficient (Wildman–Crippen LogP) is 3.07. The Morgan fingerprint density at radius 3 is 2.85 bits per heavy atom. The maximum atomic E-state index is 3.48. The zero-order chi connectivity index (χ0) is 9.47. The van der Waals surface area contributed by atoms with E-state index in [0.717, 1.165) is 11.0 Å². The van der Waals surface area contributed by atoms with Crippen molar-refractivity contribution in [3.63, 3.8) is 0 Å². The van der Waals surface area contributed by atoms with Gasteiger partial charge in [-0.25, -0.2) is 0 Å². The van der Waals surface area contributed by atoms with Gasteiger partial charge in [-0.1, -0.05) is 15.9 Å². The van der Waals surface area contributed by atoms with E-state index in [0.29, 0.717) is 0 Å². The number of hydrogen-bond acceptors (Lipinski definition) is 2. The van der Waals surface area contributed by atoms with Gasteiger partial charge in [-0.3, -0.25) is 0 Å². The summed E-state index contributed by atoms with van der Waals surface area (Å²) in [6.07, 6.45) is 0. The van der Waals surface area contributed by atoms with Crippen molar-refractivity contribution in [2.75, 3.05) is 17.2 Å². The lowest BCUT2D eigenvalue weighted by molar-refractivity contribution is 0.589. The highest BCUT2D eigenvalue weighted by atomic mass is 79.9. The third kappa shape index (κ3) is 1.80. The largest absolute Gasteiger partial charge is 0.381 e. The number of anilines is 2. The van der Waals surface area contributed by atoms with E-state index in [1.54, 1.807) is 0 Å². The van der Waals surface area contributed by atoms with Gasteiger partial charge in [0.1, 0.15) is 0 Å². The molecule has 0 aliphatic carbocycles. The van der Waals surface area contributed by atoms with Gasteiger partial charge in [0.15, 0.2) is 0 Å². The second-order valence-electron chi connectivity index (χ2n) is 4.05. The highest BCUT2D eigenvalue weighted by Crippen LogP contribution is 2.32. The second-order valence-corrected chi connectivity index (χ2v) is 4.97. The van der Waals surface area contributed by atoms with Gasteiger partial charge < -0.3 is 10.6 Å². The van der Waals surface area contributed by atoms with Crippen molar-refractivity contribution >= 4 is 27.3 Å². The molecule has 0 saturated carbocycles. The fourth-order valence-corrected chi connectivity index (χ4v) is 1.86. The lowest BCUT2D eigenvalue weighted by Gasteiger charge is -2.34.